The Bertz CT molecular complexity index is 810. The SMILES string of the molecule is CCOc1ccc(C(=O)NCC(=O)OCC(=O)c2ccc(C(C)C)cc2)cc1. The summed E-state index contributed by atoms with van der Waals surface area (Å²) in [6.45, 7) is 5.88. The molecular weight excluding hydrogens is 358 g/mol. The fraction of sp³-hybridized carbons (Fsp3) is 0.318. The standard InChI is InChI=1S/C22H25NO5/c1-4-27-19-11-9-18(10-12-19)22(26)23-13-21(25)28-14-20(24)17-7-5-16(6-8-17)15(2)3/h5-12,15H,4,13-14H2,1-3H3,(H,23,26). The van der Waals surface area contributed by atoms with Crippen molar-refractivity contribution in [1.82, 2.24) is 5.32 Å². The molecule has 0 spiro atoms. The highest BCUT2D eigenvalue weighted by Crippen LogP contribution is 2.15. The first-order chi connectivity index (χ1) is 13.4. The molecule has 28 heavy (non-hydrogen) atoms. The van der Waals surface area contributed by atoms with E-state index in [1.165, 1.54) is 0 Å². The number of ether oxygens (including phenoxy) is 2. The number of nitrogens with one attached hydrogen (secondary N) is 1. The zero-order valence-corrected chi connectivity index (χ0v) is 16.4. The van der Waals surface area contributed by atoms with Crippen LogP contribution in [0.15, 0.2) is 48.5 Å². The van der Waals surface area contributed by atoms with Crippen molar-refractivity contribution < 1.29 is 23.9 Å². The van der Waals surface area contributed by atoms with Gasteiger partial charge in [-0.05, 0) is 42.7 Å². The van der Waals surface area contributed by atoms with Crippen LogP contribution >= 0.6 is 0 Å². The quantitative estimate of drug-likeness (QED) is 0.530. The number of benzene rings is 2. The predicted octanol–water partition coefficient (Wildman–Crippen LogP) is 3.36. The summed E-state index contributed by atoms with van der Waals surface area (Å²) in [6.07, 6.45) is 0. The molecule has 0 aliphatic rings. The molecule has 2 rings (SSSR count). The molecule has 0 fully saturated rings. The minimum atomic E-state index is -0.675. The number of hydrogen-bond donors (Lipinski definition) is 1. The predicted molar refractivity (Wildman–Crippen MR) is 106 cm³/mol. The first-order valence-corrected chi connectivity index (χ1v) is 9.20. The van der Waals surface area contributed by atoms with Gasteiger partial charge in [0.25, 0.3) is 5.91 Å². The fourth-order valence-corrected chi connectivity index (χ4v) is 2.46. The van der Waals surface area contributed by atoms with Crippen molar-refractivity contribution in [3.63, 3.8) is 0 Å². The molecule has 6 nitrogen and oxygen atoms in total. The summed E-state index contributed by atoms with van der Waals surface area (Å²) in [7, 11) is 0. The third-order valence-electron chi connectivity index (χ3n) is 4.08. The highest BCUT2D eigenvalue weighted by Gasteiger charge is 2.12. The Hall–Kier alpha value is -3.15. The van der Waals surface area contributed by atoms with Gasteiger partial charge in [0.2, 0.25) is 0 Å². The molecule has 2 aromatic rings. The van der Waals surface area contributed by atoms with E-state index in [0.29, 0.717) is 29.4 Å². The summed E-state index contributed by atoms with van der Waals surface area (Å²) in [5.74, 6) is -0.331. The Morgan fingerprint density at radius 1 is 0.929 bits per heavy atom. The van der Waals surface area contributed by atoms with E-state index < -0.39 is 11.9 Å². The molecule has 2 aromatic carbocycles. The van der Waals surface area contributed by atoms with Crippen LogP contribution in [0.25, 0.3) is 0 Å². The normalized spacial score (nSPS) is 10.4. The van der Waals surface area contributed by atoms with Crippen LogP contribution in [0.5, 0.6) is 5.75 Å². The molecule has 1 N–H and O–H groups in total. The fourth-order valence-electron chi connectivity index (χ4n) is 2.46. The van der Waals surface area contributed by atoms with Crippen LogP contribution in [0, 0.1) is 0 Å². The molecule has 0 aromatic heterocycles. The summed E-state index contributed by atoms with van der Waals surface area (Å²) >= 11 is 0. The maximum Gasteiger partial charge on any atom is 0.325 e. The number of esters is 1. The monoisotopic (exact) mass is 383 g/mol. The van der Waals surface area contributed by atoms with Crippen molar-refractivity contribution in [2.45, 2.75) is 26.7 Å². The number of hydrogen-bond acceptors (Lipinski definition) is 5. The summed E-state index contributed by atoms with van der Waals surface area (Å²) in [6, 6.07) is 13.8. The molecule has 0 radical (unpaired) electrons. The second-order valence-electron chi connectivity index (χ2n) is 6.50. The van der Waals surface area contributed by atoms with E-state index >= 15 is 0 Å². The van der Waals surface area contributed by atoms with Gasteiger partial charge in [-0.15, -0.1) is 0 Å². The Balaban J connectivity index is 1.77. The maximum absolute atomic E-state index is 12.1. The van der Waals surface area contributed by atoms with Crippen molar-refractivity contribution in [2.75, 3.05) is 19.8 Å². The van der Waals surface area contributed by atoms with E-state index in [1.54, 1.807) is 36.4 Å². The van der Waals surface area contributed by atoms with E-state index in [9.17, 15) is 14.4 Å². The van der Waals surface area contributed by atoms with Crippen molar-refractivity contribution in [3.05, 3.63) is 65.2 Å². The minimum Gasteiger partial charge on any atom is -0.494 e. The van der Waals surface area contributed by atoms with E-state index in [1.807, 2.05) is 19.1 Å². The van der Waals surface area contributed by atoms with Crippen LogP contribution < -0.4 is 10.1 Å². The molecular formula is C22H25NO5. The van der Waals surface area contributed by atoms with Crippen LogP contribution in [-0.4, -0.2) is 37.4 Å². The van der Waals surface area contributed by atoms with Crippen molar-refractivity contribution in [1.29, 1.82) is 0 Å². The first kappa shape index (κ1) is 21.2. The molecule has 0 aliphatic carbocycles. The average molecular weight is 383 g/mol. The Morgan fingerprint density at radius 3 is 2.11 bits per heavy atom. The largest absolute Gasteiger partial charge is 0.494 e. The molecule has 1 amide bonds. The molecule has 0 aliphatic heterocycles. The van der Waals surface area contributed by atoms with Crippen LogP contribution in [0.1, 0.15) is 53.0 Å². The number of carbonyl (C=O) groups excluding carboxylic acids is 3. The second kappa shape index (κ2) is 10.3. The van der Waals surface area contributed by atoms with Gasteiger partial charge in [0.15, 0.2) is 12.4 Å². The van der Waals surface area contributed by atoms with Gasteiger partial charge in [0.05, 0.1) is 6.61 Å². The lowest BCUT2D eigenvalue weighted by Crippen LogP contribution is -2.31. The average Bonchev–Trinajstić information content (AvgIpc) is 2.71. The lowest BCUT2D eigenvalue weighted by Gasteiger charge is -2.08. The zero-order valence-electron chi connectivity index (χ0n) is 16.4. The third-order valence-corrected chi connectivity index (χ3v) is 4.08. The topological polar surface area (TPSA) is 81.7 Å². The zero-order chi connectivity index (χ0) is 20.5. The Kier molecular flexibility index (Phi) is 7.75. The van der Waals surface area contributed by atoms with Gasteiger partial charge < -0.3 is 14.8 Å². The molecule has 0 unspecified atom stereocenters. The number of amides is 1. The molecule has 0 atom stereocenters. The van der Waals surface area contributed by atoms with E-state index in [0.717, 1.165) is 5.56 Å². The van der Waals surface area contributed by atoms with Crippen LogP contribution in [0.4, 0.5) is 0 Å². The van der Waals surface area contributed by atoms with Crippen molar-refractivity contribution in [3.8, 4) is 5.75 Å². The van der Waals surface area contributed by atoms with E-state index in [-0.39, 0.29) is 18.9 Å². The number of Topliss-reactive ketones (excluding diaryl/α,β-unsaturated/α-hetero) is 1. The van der Waals surface area contributed by atoms with Gasteiger partial charge in [0, 0.05) is 11.1 Å². The molecule has 0 bridgehead atoms. The minimum absolute atomic E-state index is 0.290. The van der Waals surface area contributed by atoms with Gasteiger partial charge >= 0.3 is 5.97 Å². The highest BCUT2D eigenvalue weighted by molar-refractivity contribution is 5.98. The molecule has 0 saturated carbocycles. The number of carbonyl (C=O) groups is 3. The van der Waals surface area contributed by atoms with Crippen LogP contribution in [-0.2, 0) is 9.53 Å². The summed E-state index contributed by atoms with van der Waals surface area (Å²) in [4.78, 5) is 35.9. The second-order valence-corrected chi connectivity index (χ2v) is 6.50. The Labute approximate surface area is 164 Å². The van der Waals surface area contributed by atoms with Gasteiger partial charge in [-0.2, -0.15) is 0 Å². The van der Waals surface area contributed by atoms with Crippen LogP contribution in [0.3, 0.4) is 0 Å². The van der Waals surface area contributed by atoms with Gasteiger partial charge in [-0.1, -0.05) is 38.1 Å². The first-order valence-electron chi connectivity index (χ1n) is 9.20. The van der Waals surface area contributed by atoms with E-state index in [4.69, 9.17) is 9.47 Å². The number of ketones is 1. The maximum atomic E-state index is 12.1. The van der Waals surface area contributed by atoms with Crippen LogP contribution in [0.2, 0.25) is 0 Å². The van der Waals surface area contributed by atoms with Gasteiger partial charge in [-0.25, -0.2) is 0 Å². The summed E-state index contributed by atoms with van der Waals surface area (Å²) in [5.41, 5.74) is 2.01. The van der Waals surface area contributed by atoms with E-state index in [2.05, 4.69) is 19.2 Å². The Morgan fingerprint density at radius 2 is 1.54 bits per heavy atom. The van der Waals surface area contributed by atoms with Crippen molar-refractivity contribution in [2.24, 2.45) is 0 Å². The molecule has 6 heteroatoms. The molecule has 0 heterocycles. The smallest absolute Gasteiger partial charge is 0.325 e. The summed E-state index contributed by atoms with van der Waals surface area (Å²) in [5, 5.41) is 2.47. The highest BCUT2D eigenvalue weighted by atomic mass is 16.5. The lowest BCUT2D eigenvalue weighted by atomic mass is 10.0. The third kappa shape index (κ3) is 6.23. The molecule has 0 saturated heterocycles. The number of rotatable bonds is 9. The van der Waals surface area contributed by atoms with Gasteiger partial charge in [-0.3, -0.25) is 14.4 Å². The molecule has 148 valence electrons. The lowest BCUT2D eigenvalue weighted by molar-refractivity contribution is -0.141. The summed E-state index contributed by atoms with van der Waals surface area (Å²) < 4.78 is 10.3. The van der Waals surface area contributed by atoms with Crippen molar-refractivity contribution >= 4 is 17.7 Å². The van der Waals surface area contributed by atoms with Gasteiger partial charge in [0.1, 0.15) is 12.3 Å².